The molecule has 0 spiro atoms. The number of carbonyl (C=O) groups is 2. The lowest BCUT2D eigenvalue weighted by Crippen LogP contribution is -2.45. The zero-order chi connectivity index (χ0) is 15.9. The molecule has 1 N–H and O–H groups in total. The fourth-order valence-corrected chi connectivity index (χ4v) is 3.12. The molecule has 2 aromatic rings. The number of aliphatic carboxylic acids is 1. The van der Waals surface area contributed by atoms with E-state index in [1.807, 2.05) is 32.0 Å². The highest BCUT2D eigenvalue weighted by Gasteiger charge is 2.33. The van der Waals surface area contributed by atoms with Crippen LogP contribution in [0.5, 0.6) is 0 Å². The molecule has 22 heavy (non-hydrogen) atoms. The second-order valence-corrected chi connectivity index (χ2v) is 6.24. The van der Waals surface area contributed by atoms with Gasteiger partial charge in [-0.25, -0.2) is 0 Å². The van der Waals surface area contributed by atoms with Crippen LogP contribution in [0.25, 0.3) is 11.0 Å². The second-order valence-electron chi connectivity index (χ2n) is 6.24. The number of rotatable bonds is 2. The molecular weight excluding hydrogens is 282 g/mol. The molecule has 1 fully saturated rings. The number of aryl methyl sites for hydroxylation is 1. The number of fused-ring (bicyclic) bond motifs is 1. The molecule has 5 heteroatoms. The van der Waals surface area contributed by atoms with Crippen LogP contribution in [0.3, 0.4) is 0 Å². The molecule has 0 aliphatic carbocycles. The number of carboxylic acids is 1. The van der Waals surface area contributed by atoms with Crippen LogP contribution in [0.1, 0.15) is 29.5 Å². The molecule has 116 valence electrons. The molecule has 0 radical (unpaired) electrons. The third-order valence-corrected chi connectivity index (χ3v) is 4.18. The van der Waals surface area contributed by atoms with Gasteiger partial charge < -0.3 is 14.4 Å². The molecule has 0 saturated carbocycles. The smallest absolute Gasteiger partial charge is 0.308 e. The third-order valence-electron chi connectivity index (χ3n) is 4.18. The topological polar surface area (TPSA) is 70.8 Å². The maximum atomic E-state index is 12.6. The van der Waals surface area contributed by atoms with Gasteiger partial charge in [0.1, 0.15) is 5.58 Å². The average Bonchev–Trinajstić information content (AvgIpc) is 2.88. The summed E-state index contributed by atoms with van der Waals surface area (Å²) >= 11 is 0. The summed E-state index contributed by atoms with van der Waals surface area (Å²) in [4.78, 5) is 25.4. The molecular formula is C17H19NO4. The number of hydrogen-bond donors (Lipinski definition) is 1. The van der Waals surface area contributed by atoms with Gasteiger partial charge in [-0.15, -0.1) is 0 Å². The van der Waals surface area contributed by atoms with Crippen LogP contribution in [-0.4, -0.2) is 35.0 Å². The minimum atomic E-state index is -0.843. The Morgan fingerprint density at radius 3 is 2.77 bits per heavy atom. The van der Waals surface area contributed by atoms with E-state index in [0.717, 1.165) is 10.9 Å². The largest absolute Gasteiger partial charge is 0.481 e. The van der Waals surface area contributed by atoms with E-state index in [4.69, 9.17) is 4.42 Å². The van der Waals surface area contributed by atoms with Crippen LogP contribution in [0.2, 0.25) is 0 Å². The second kappa shape index (κ2) is 5.48. The first kappa shape index (κ1) is 14.6. The van der Waals surface area contributed by atoms with Crippen molar-refractivity contribution in [1.82, 2.24) is 4.90 Å². The van der Waals surface area contributed by atoms with Crippen molar-refractivity contribution in [2.24, 2.45) is 11.8 Å². The minimum Gasteiger partial charge on any atom is -0.481 e. The van der Waals surface area contributed by atoms with Gasteiger partial charge in [-0.1, -0.05) is 18.6 Å². The van der Waals surface area contributed by atoms with E-state index in [2.05, 4.69) is 0 Å². The van der Waals surface area contributed by atoms with Crippen molar-refractivity contribution >= 4 is 22.8 Å². The Hall–Kier alpha value is -2.30. The standard InChI is InChI=1S/C17H19NO4/c1-10-3-4-14-12(5-10)7-15(22-14)16(19)18-8-11(2)6-13(9-18)17(20)21/h3-5,7,11,13H,6,8-9H2,1-2H3,(H,20,21). The first-order valence-electron chi connectivity index (χ1n) is 7.46. The van der Waals surface area contributed by atoms with Crippen LogP contribution in [0, 0.1) is 18.8 Å². The van der Waals surface area contributed by atoms with E-state index in [1.54, 1.807) is 11.0 Å². The van der Waals surface area contributed by atoms with E-state index in [-0.39, 0.29) is 24.1 Å². The number of amides is 1. The van der Waals surface area contributed by atoms with Crippen molar-refractivity contribution in [1.29, 1.82) is 0 Å². The molecule has 0 bridgehead atoms. The molecule has 2 heterocycles. The van der Waals surface area contributed by atoms with Gasteiger partial charge in [0.05, 0.1) is 5.92 Å². The Kier molecular flexibility index (Phi) is 3.64. The van der Waals surface area contributed by atoms with Gasteiger partial charge in [0.2, 0.25) is 0 Å². The monoisotopic (exact) mass is 301 g/mol. The summed E-state index contributed by atoms with van der Waals surface area (Å²) in [5, 5.41) is 10.1. The Bertz CT molecular complexity index is 733. The zero-order valence-electron chi connectivity index (χ0n) is 12.7. The predicted molar refractivity (Wildman–Crippen MR) is 81.8 cm³/mol. The van der Waals surface area contributed by atoms with Crippen molar-refractivity contribution in [3.8, 4) is 0 Å². The summed E-state index contributed by atoms with van der Waals surface area (Å²) in [7, 11) is 0. The lowest BCUT2D eigenvalue weighted by Gasteiger charge is -2.34. The number of carboxylic acid groups (broad SMARTS) is 1. The minimum absolute atomic E-state index is 0.172. The normalized spacial score (nSPS) is 22.0. The van der Waals surface area contributed by atoms with Crippen LogP contribution < -0.4 is 0 Å². The highest BCUT2D eigenvalue weighted by atomic mass is 16.4. The van der Waals surface area contributed by atoms with Crippen molar-refractivity contribution in [3.63, 3.8) is 0 Å². The van der Waals surface area contributed by atoms with Gasteiger partial charge >= 0.3 is 5.97 Å². The maximum Gasteiger partial charge on any atom is 0.308 e. The fourth-order valence-electron chi connectivity index (χ4n) is 3.12. The Labute approximate surface area is 128 Å². The summed E-state index contributed by atoms with van der Waals surface area (Å²) < 4.78 is 5.63. The van der Waals surface area contributed by atoms with Crippen molar-refractivity contribution in [2.75, 3.05) is 13.1 Å². The molecule has 2 atom stereocenters. The number of hydrogen-bond acceptors (Lipinski definition) is 3. The van der Waals surface area contributed by atoms with E-state index in [1.165, 1.54) is 0 Å². The first-order valence-corrected chi connectivity index (χ1v) is 7.46. The van der Waals surface area contributed by atoms with Gasteiger partial charge in [-0.05, 0) is 37.5 Å². The molecule has 1 aliphatic heterocycles. The molecule has 1 saturated heterocycles. The number of nitrogens with zero attached hydrogens (tertiary/aromatic N) is 1. The van der Waals surface area contributed by atoms with Crippen molar-refractivity contribution < 1.29 is 19.1 Å². The van der Waals surface area contributed by atoms with Crippen LogP contribution in [0.4, 0.5) is 0 Å². The summed E-state index contributed by atoms with van der Waals surface area (Å²) in [5.41, 5.74) is 1.78. The molecule has 1 amide bonds. The van der Waals surface area contributed by atoms with Gasteiger partial charge in [-0.2, -0.15) is 0 Å². The fraction of sp³-hybridized carbons (Fsp3) is 0.412. The number of carbonyl (C=O) groups excluding carboxylic acids is 1. The SMILES string of the molecule is Cc1ccc2oc(C(=O)N3CC(C)CC(C(=O)O)C3)cc2c1. The predicted octanol–water partition coefficient (Wildman–Crippen LogP) is 2.92. The molecule has 3 rings (SSSR count). The highest BCUT2D eigenvalue weighted by molar-refractivity contribution is 5.96. The lowest BCUT2D eigenvalue weighted by molar-refractivity contribution is -0.143. The van der Waals surface area contributed by atoms with E-state index >= 15 is 0 Å². The molecule has 1 aliphatic rings. The van der Waals surface area contributed by atoms with Crippen LogP contribution in [0.15, 0.2) is 28.7 Å². The number of piperidine rings is 1. The van der Waals surface area contributed by atoms with Crippen molar-refractivity contribution in [2.45, 2.75) is 20.3 Å². The Morgan fingerprint density at radius 2 is 2.05 bits per heavy atom. The third kappa shape index (κ3) is 2.71. The number of benzene rings is 1. The van der Waals surface area contributed by atoms with Crippen LogP contribution in [-0.2, 0) is 4.79 Å². The molecule has 1 aromatic carbocycles. The number of likely N-dealkylation sites (tertiary alicyclic amines) is 1. The quantitative estimate of drug-likeness (QED) is 0.926. The summed E-state index contributed by atoms with van der Waals surface area (Å²) in [5.74, 6) is -1.13. The van der Waals surface area contributed by atoms with Crippen molar-refractivity contribution in [3.05, 3.63) is 35.6 Å². The summed E-state index contributed by atoms with van der Waals surface area (Å²) in [6.07, 6.45) is 0.610. The van der Waals surface area contributed by atoms with Gasteiger partial charge in [0.15, 0.2) is 5.76 Å². The van der Waals surface area contributed by atoms with E-state index in [0.29, 0.717) is 18.5 Å². The summed E-state index contributed by atoms with van der Waals surface area (Å²) in [6, 6.07) is 7.48. The van der Waals surface area contributed by atoms with E-state index < -0.39 is 11.9 Å². The Balaban J connectivity index is 1.86. The molecule has 1 aromatic heterocycles. The summed E-state index contributed by atoms with van der Waals surface area (Å²) in [6.45, 7) is 4.77. The van der Waals surface area contributed by atoms with Crippen LogP contribution >= 0.6 is 0 Å². The first-order chi connectivity index (χ1) is 10.4. The van der Waals surface area contributed by atoms with E-state index in [9.17, 15) is 14.7 Å². The molecule has 5 nitrogen and oxygen atoms in total. The number of furan rings is 1. The van der Waals surface area contributed by atoms with Gasteiger partial charge in [-0.3, -0.25) is 9.59 Å². The van der Waals surface area contributed by atoms with Gasteiger partial charge in [0, 0.05) is 18.5 Å². The average molecular weight is 301 g/mol. The highest BCUT2D eigenvalue weighted by Crippen LogP contribution is 2.26. The Morgan fingerprint density at radius 1 is 1.27 bits per heavy atom. The molecule has 2 unspecified atom stereocenters. The van der Waals surface area contributed by atoms with Gasteiger partial charge in [0.25, 0.3) is 5.91 Å². The maximum absolute atomic E-state index is 12.6. The zero-order valence-corrected chi connectivity index (χ0v) is 12.7. The lowest BCUT2D eigenvalue weighted by atomic mass is 9.90.